The van der Waals surface area contributed by atoms with Crippen LogP contribution in [-0.2, 0) is 0 Å². The average molecular weight is 285 g/mol. The summed E-state index contributed by atoms with van der Waals surface area (Å²) in [6, 6.07) is 0. The number of hydrogen-bond donors (Lipinski definition) is 1. The number of rotatable bonds is 14. The Balaban J connectivity index is 0. The standard InChI is InChI=1S/C16H34O.Ca.2H/c1-2-3-4-5-6-7-8-9-10-11-12-13-14-15-16-17;;;/h17H,2-16H2,1H3;;;. The molecule has 0 radical (unpaired) electrons. The van der Waals surface area contributed by atoms with E-state index in [4.69, 9.17) is 5.11 Å². The molecular formula is C16H36CaO. The predicted molar refractivity (Wildman–Crippen MR) is 85.9 cm³/mol. The quantitative estimate of drug-likeness (QED) is 0.367. The second-order valence-corrected chi connectivity index (χ2v) is 5.32. The van der Waals surface area contributed by atoms with Crippen LogP contribution < -0.4 is 0 Å². The first-order chi connectivity index (χ1) is 8.41. The van der Waals surface area contributed by atoms with Gasteiger partial charge in [0.1, 0.15) is 0 Å². The summed E-state index contributed by atoms with van der Waals surface area (Å²) in [5.41, 5.74) is 0. The molecule has 0 aromatic carbocycles. The van der Waals surface area contributed by atoms with E-state index in [2.05, 4.69) is 6.92 Å². The monoisotopic (exact) mass is 284 g/mol. The Hall–Kier alpha value is 1.22. The van der Waals surface area contributed by atoms with Gasteiger partial charge in [0.05, 0.1) is 0 Å². The third-order valence-corrected chi connectivity index (χ3v) is 3.51. The summed E-state index contributed by atoms with van der Waals surface area (Å²) < 4.78 is 0. The zero-order chi connectivity index (χ0) is 12.6. The molecule has 0 aliphatic carbocycles. The number of hydrogen-bond acceptors (Lipinski definition) is 1. The van der Waals surface area contributed by atoms with Crippen LogP contribution in [0, 0.1) is 0 Å². The van der Waals surface area contributed by atoms with Crippen LogP contribution in [0.2, 0.25) is 0 Å². The van der Waals surface area contributed by atoms with Gasteiger partial charge < -0.3 is 5.11 Å². The van der Waals surface area contributed by atoms with Crippen molar-refractivity contribution in [3.8, 4) is 0 Å². The molecule has 0 bridgehead atoms. The summed E-state index contributed by atoms with van der Waals surface area (Å²) in [7, 11) is 0. The molecule has 18 heavy (non-hydrogen) atoms. The second kappa shape index (κ2) is 20.5. The van der Waals surface area contributed by atoms with E-state index in [9.17, 15) is 0 Å². The Kier molecular flexibility index (Phi) is 24.5. The van der Waals surface area contributed by atoms with Gasteiger partial charge in [-0.2, -0.15) is 0 Å². The third-order valence-electron chi connectivity index (χ3n) is 3.51. The van der Waals surface area contributed by atoms with Gasteiger partial charge in [0.15, 0.2) is 0 Å². The van der Waals surface area contributed by atoms with Crippen LogP contribution in [0.1, 0.15) is 96.8 Å². The summed E-state index contributed by atoms with van der Waals surface area (Å²) in [5.74, 6) is 0. The number of aliphatic hydroxyl groups excluding tert-OH is 1. The normalized spacial score (nSPS) is 10.3. The zero-order valence-corrected chi connectivity index (χ0v) is 12.1. The van der Waals surface area contributed by atoms with Crippen LogP contribution in [-0.4, -0.2) is 49.5 Å². The van der Waals surface area contributed by atoms with Crippen molar-refractivity contribution in [1.82, 2.24) is 0 Å². The number of unbranched alkanes of at least 4 members (excludes halogenated alkanes) is 13. The van der Waals surface area contributed by atoms with E-state index in [1.54, 1.807) is 0 Å². The molecule has 2 heteroatoms. The van der Waals surface area contributed by atoms with Crippen molar-refractivity contribution >= 4 is 37.7 Å². The fourth-order valence-electron chi connectivity index (χ4n) is 2.31. The van der Waals surface area contributed by atoms with Crippen molar-refractivity contribution in [3.05, 3.63) is 0 Å². The molecule has 0 amide bonds. The van der Waals surface area contributed by atoms with Crippen molar-refractivity contribution < 1.29 is 5.11 Å². The molecule has 0 rings (SSSR count). The molecule has 0 atom stereocenters. The van der Waals surface area contributed by atoms with E-state index in [1.165, 1.54) is 83.5 Å². The maximum absolute atomic E-state index is 8.64. The molecule has 1 N–H and O–H groups in total. The second-order valence-electron chi connectivity index (χ2n) is 5.32. The molecule has 0 aromatic rings. The molecular weight excluding hydrogens is 248 g/mol. The Morgan fingerprint density at radius 2 is 0.778 bits per heavy atom. The van der Waals surface area contributed by atoms with E-state index in [1.807, 2.05) is 0 Å². The molecule has 0 aliphatic heterocycles. The number of aliphatic hydroxyl groups is 1. The predicted octanol–water partition coefficient (Wildman–Crippen LogP) is 4.54. The van der Waals surface area contributed by atoms with Crippen molar-refractivity contribution in [2.75, 3.05) is 6.61 Å². The molecule has 108 valence electrons. The summed E-state index contributed by atoms with van der Waals surface area (Å²) in [4.78, 5) is 0. The van der Waals surface area contributed by atoms with Crippen molar-refractivity contribution in [3.63, 3.8) is 0 Å². The average Bonchev–Trinajstić information content (AvgIpc) is 2.35. The molecule has 0 aromatic heterocycles. The molecule has 1 nitrogen and oxygen atoms in total. The van der Waals surface area contributed by atoms with Gasteiger partial charge in [0, 0.05) is 6.61 Å². The van der Waals surface area contributed by atoms with Gasteiger partial charge in [-0.25, -0.2) is 0 Å². The van der Waals surface area contributed by atoms with E-state index < -0.39 is 0 Å². The first kappa shape index (κ1) is 21.5. The molecule has 0 spiro atoms. The third kappa shape index (κ3) is 19.6. The summed E-state index contributed by atoms with van der Waals surface area (Å²) in [6.07, 6.45) is 19.2. The zero-order valence-electron chi connectivity index (χ0n) is 12.1. The van der Waals surface area contributed by atoms with E-state index in [0.717, 1.165) is 6.42 Å². The van der Waals surface area contributed by atoms with Gasteiger partial charge in [-0.15, -0.1) is 0 Å². The van der Waals surface area contributed by atoms with Gasteiger partial charge in [0.2, 0.25) is 0 Å². The van der Waals surface area contributed by atoms with E-state index >= 15 is 0 Å². The van der Waals surface area contributed by atoms with Gasteiger partial charge in [-0.05, 0) is 6.42 Å². The Bertz CT molecular complexity index is 114. The van der Waals surface area contributed by atoms with E-state index in [-0.39, 0.29) is 37.7 Å². The van der Waals surface area contributed by atoms with Gasteiger partial charge >= 0.3 is 37.7 Å². The first-order valence-corrected chi connectivity index (χ1v) is 8.02. The van der Waals surface area contributed by atoms with Crippen LogP contribution in [0.15, 0.2) is 0 Å². The minimum atomic E-state index is 0. The fraction of sp³-hybridized carbons (Fsp3) is 1.00. The molecule has 0 heterocycles. The molecule has 0 saturated heterocycles. The molecule has 0 unspecified atom stereocenters. The minimum absolute atomic E-state index is 0. The first-order valence-electron chi connectivity index (χ1n) is 8.02. The molecule has 0 aliphatic rings. The summed E-state index contributed by atoms with van der Waals surface area (Å²) in [6.45, 7) is 2.65. The van der Waals surface area contributed by atoms with Crippen molar-refractivity contribution in [2.45, 2.75) is 96.8 Å². The van der Waals surface area contributed by atoms with Crippen LogP contribution in [0.3, 0.4) is 0 Å². The Labute approximate surface area is 145 Å². The molecule has 0 fully saturated rings. The van der Waals surface area contributed by atoms with Gasteiger partial charge in [-0.3, -0.25) is 0 Å². The maximum atomic E-state index is 8.64. The summed E-state index contributed by atoms with van der Waals surface area (Å²) in [5, 5.41) is 8.64. The van der Waals surface area contributed by atoms with Crippen molar-refractivity contribution in [2.24, 2.45) is 0 Å². The van der Waals surface area contributed by atoms with Gasteiger partial charge in [-0.1, -0.05) is 90.4 Å². The van der Waals surface area contributed by atoms with Crippen LogP contribution >= 0.6 is 0 Å². The van der Waals surface area contributed by atoms with E-state index in [0.29, 0.717) is 6.61 Å². The Morgan fingerprint density at radius 1 is 0.500 bits per heavy atom. The van der Waals surface area contributed by atoms with Crippen LogP contribution in [0.4, 0.5) is 0 Å². The van der Waals surface area contributed by atoms with Crippen LogP contribution in [0.5, 0.6) is 0 Å². The van der Waals surface area contributed by atoms with Crippen LogP contribution in [0.25, 0.3) is 0 Å². The Morgan fingerprint density at radius 3 is 1.06 bits per heavy atom. The van der Waals surface area contributed by atoms with Gasteiger partial charge in [0.25, 0.3) is 0 Å². The fourth-order valence-corrected chi connectivity index (χ4v) is 2.31. The SMILES string of the molecule is CCCCCCCCCCCCCCCCO.[CaH2]. The van der Waals surface area contributed by atoms with Crippen molar-refractivity contribution in [1.29, 1.82) is 0 Å². The molecule has 0 saturated carbocycles. The summed E-state index contributed by atoms with van der Waals surface area (Å²) >= 11 is 0. The topological polar surface area (TPSA) is 20.2 Å².